The molecule has 1 unspecified atom stereocenters. The fraction of sp³-hybridized carbons (Fsp3) is 0.571. The van der Waals surface area contributed by atoms with Gasteiger partial charge >= 0.3 is 0 Å². The van der Waals surface area contributed by atoms with E-state index in [2.05, 4.69) is 11.6 Å². The first kappa shape index (κ1) is 13.6. The van der Waals surface area contributed by atoms with E-state index in [1.165, 1.54) is 23.3 Å². The summed E-state index contributed by atoms with van der Waals surface area (Å²) in [4.78, 5) is 1.21. The van der Waals surface area contributed by atoms with E-state index in [4.69, 9.17) is 9.47 Å². The summed E-state index contributed by atoms with van der Waals surface area (Å²) in [7, 11) is 3.47. The van der Waals surface area contributed by atoms with Gasteiger partial charge in [-0.25, -0.2) is 0 Å². The molecule has 0 saturated carbocycles. The minimum atomic E-state index is 0.520. The number of thioether (sulfide) groups is 1. The minimum Gasteiger partial charge on any atom is -0.496 e. The Balaban J connectivity index is 2.45. The zero-order chi connectivity index (χ0) is 13.0. The molecule has 3 nitrogen and oxygen atoms in total. The first-order valence-electron chi connectivity index (χ1n) is 6.31. The van der Waals surface area contributed by atoms with Gasteiger partial charge < -0.3 is 14.8 Å². The molecule has 1 atom stereocenters. The third-order valence-electron chi connectivity index (χ3n) is 3.47. The highest BCUT2D eigenvalue weighted by atomic mass is 32.2. The lowest BCUT2D eigenvalue weighted by molar-refractivity contribution is 0.374. The Labute approximate surface area is 113 Å². The molecule has 1 aromatic carbocycles. The zero-order valence-electron chi connectivity index (χ0n) is 11.3. The van der Waals surface area contributed by atoms with E-state index in [0.29, 0.717) is 5.92 Å². The van der Waals surface area contributed by atoms with Gasteiger partial charge in [-0.3, -0.25) is 0 Å². The van der Waals surface area contributed by atoms with E-state index in [-0.39, 0.29) is 0 Å². The summed E-state index contributed by atoms with van der Waals surface area (Å²) in [6, 6.07) is 4.01. The Hall–Kier alpha value is -0.870. The molecule has 1 aliphatic heterocycles. The van der Waals surface area contributed by atoms with Crippen molar-refractivity contribution in [3.05, 3.63) is 17.7 Å². The molecule has 1 N–H and O–H groups in total. The molecule has 18 heavy (non-hydrogen) atoms. The van der Waals surface area contributed by atoms with Gasteiger partial charge in [0.2, 0.25) is 0 Å². The number of benzene rings is 1. The van der Waals surface area contributed by atoms with Crippen molar-refractivity contribution in [1.29, 1.82) is 0 Å². The van der Waals surface area contributed by atoms with Gasteiger partial charge in [-0.15, -0.1) is 11.8 Å². The third-order valence-corrected chi connectivity index (χ3v) is 4.30. The lowest BCUT2D eigenvalue weighted by Crippen LogP contribution is -2.29. The quantitative estimate of drug-likeness (QED) is 0.850. The first-order chi connectivity index (χ1) is 8.81. The molecule has 0 spiro atoms. The Morgan fingerprint density at radius 1 is 1.22 bits per heavy atom. The van der Waals surface area contributed by atoms with Crippen molar-refractivity contribution >= 4 is 11.8 Å². The van der Waals surface area contributed by atoms with Crippen LogP contribution in [0.15, 0.2) is 17.0 Å². The Bertz CT molecular complexity index is 403. The van der Waals surface area contributed by atoms with Gasteiger partial charge in [-0.1, -0.05) is 0 Å². The molecule has 0 amide bonds. The standard InChI is InChI=1S/C14H21NO2S/c1-16-11-6-7-12(17-2)14(18-3)13(11)10-5-4-8-15-9-10/h6-7,10,15H,4-5,8-9H2,1-3H3. The van der Waals surface area contributed by atoms with E-state index in [1.54, 1.807) is 26.0 Å². The molecule has 1 fully saturated rings. The number of hydrogen-bond donors (Lipinski definition) is 1. The molecule has 0 radical (unpaired) electrons. The highest BCUT2D eigenvalue weighted by molar-refractivity contribution is 7.98. The first-order valence-corrected chi connectivity index (χ1v) is 7.53. The smallest absolute Gasteiger partial charge is 0.132 e. The Kier molecular flexibility index (Phi) is 4.78. The van der Waals surface area contributed by atoms with E-state index >= 15 is 0 Å². The topological polar surface area (TPSA) is 30.5 Å². The summed E-state index contributed by atoms with van der Waals surface area (Å²) < 4.78 is 11.0. The van der Waals surface area contributed by atoms with Gasteiger partial charge in [-0.2, -0.15) is 0 Å². The van der Waals surface area contributed by atoms with Crippen molar-refractivity contribution < 1.29 is 9.47 Å². The average molecular weight is 267 g/mol. The summed E-state index contributed by atoms with van der Waals surface area (Å²) in [5.41, 5.74) is 1.30. The van der Waals surface area contributed by atoms with Crippen molar-refractivity contribution in [1.82, 2.24) is 5.32 Å². The van der Waals surface area contributed by atoms with Gasteiger partial charge in [0.05, 0.1) is 19.1 Å². The molecule has 0 aromatic heterocycles. The molecular formula is C14H21NO2S. The van der Waals surface area contributed by atoms with Crippen LogP contribution in [-0.4, -0.2) is 33.6 Å². The normalized spacial score (nSPS) is 19.6. The van der Waals surface area contributed by atoms with Crippen molar-refractivity contribution in [3.8, 4) is 11.5 Å². The molecule has 1 heterocycles. The predicted molar refractivity (Wildman–Crippen MR) is 76.2 cm³/mol. The zero-order valence-corrected chi connectivity index (χ0v) is 12.1. The van der Waals surface area contributed by atoms with Crippen LogP contribution in [0.2, 0.25) is 0 Å². The summed E-state index contributed by atoms with van der Waals surface area (Å²) in [6.45, 7) is 2.15. The predicted octanol–water partition coefficient (Wildman–Crippen LogP) is 2.89. The summed E-state index contributed by atoms with van der Waals surface area (Å²) in [5, 5.41) is 3.47. The average Bonchev–Trinajstić information content (AvgIpc) is 2.46. The van der Waals surface area contributed by atoms with E-state index in [1.807, 2.05) is 12.1 Å². The molecule has 4 heteroatoms. The van der Waals surface area contributed by atoms with Crippen LogP contribution in [0.5, 0.6) is 11.5 Å². The molecule has 1 aromatic rings. The van der Waals surface area contributed by atoms with Crippen LogP contribution < -0.4 is 14.8 Å². The van der Waals surface area contributed by atoms with Gasteiger partial charge in [0.1, 0.15) is 11.5 Å². The number of piperidine rings is 1. The molecular weight excluding hydrogens is 246 g/mol. The van der Waals surface area contributed by atoms with Crippen LogP contribution in [0.3, 0.4) is 0 Å². The molecule has 100 valence electrons. The Morgan fingerprint density at radius 3 is 2.50 bits per heavy atom. The fourth-order valence-corrected chi connectivity index (χ4v) is 3.44. The number of nitrogens with one attached hydrogen (secondary N) is 1. The van der Waals surface area contributed by atoms with E-state index in [0.717, 1.165) is 24.6 Å². The highest BCUT2D eigenvalue weighted by Gasteiger charge is 2.24. The maximum absolute atomic E-state index is 5.54. The second-order valence-corrected chi connectivity index (χ2v) is 5.28. The number of hydrogen-bond acceptors (Lipinski definition) is 4. The van der Waals surface area contributed by atoms with E-state index < -0.39 is 0 Å². The molecule has 0 aliphatic carbocycles. The lowest BCUT2D eigenvalue weighted by atomic mass is 9.90. The van der Waals surface area contributed by atoms with Crippen LogP contribution in [-0.2, 0) is 0 Å². The monoisotopic (exact) mass is 267 g/mol. The van der Waals surface area contributed by atoms with Crippen molar-refractivity contribution in [2.45, 2.75) is 23.7 Å². The van der Waals surface area contributed by atoms with Crippen LogP contribution in [0.25, 0.3) is 0 Å². The van der Waals surface area contributed by atoms with Crippen LogP contribution in [0.4, 0.5) is 0 Å². The van der Waals surface area contributed by atoms with E-state index in [9.17, 15) is 0 Å². The number of methoxy groups -OCH3 is 2. The van der Waals surface area contributed by atoms with Crippen molar-refractivity contribution in [3.63, 3.8) is 0 Å². The largest absolute Gasteiger partial charge is 0.496 e. The fourth-order valence-electron chi connectivity index (χ4n) is 2.60. The maximum atomic E-state index is 5.54. The maximum Gasteiger partial charge on any atom is 0.132 e. The molecule has 1 aliphatic rings. The lowest BCUT2D eigenvalue weighted by Gasteiger charge is -2.27. The van der Waals surface area contributed by atoms with Crippen LogP contribution in [0, 0.1) is 0 Å². The van der Waals surface area contributed by atoms with Crippen molar-refractivity contribution in [2.24, 2.45) is 0 Å². The SMILES string of the molecule is COc1ccc(OC)c(C2CCCNC2)c1SC. The summed E-state index contributed by atoms with van der Waals surface area (Å²) >= 11 is 1.74. The Morgan fingerprint density at radius 2 is 1.94 bits per heavy atom. The third kappa shape index (κ3) is 2.59. The van der Waals surface area contributed by atoms with Crippen LogP contribution >= 0.6 is 11.8 Å². The van der Waals surface area contributed by atoms with Crippen molar-refractivity contribution in [2.75, 3.05) is 33.6 Å². The second kappa shape index (κ2) is 6.34. The molecule has 1 saturated heterocycles. The summed E-state index contributed by atoms with van der Waals surface area (Å²) in [6.07, 6.45) is 4.53. The van der Waals surface area contributed by atoms with Gasteiger partial charge in [0.15, 0.2) is 0 Å². The van der Waals surface area contributed by atoms with Gasteiger partial charge in [0, 0.05) is 18.0 Å². The summed E-state index contributed by atoms with van der Waals surface area (Å²) in [5.74, 6) is 2.45. The molecule has 2 rings (SSSR count). The van der Waals surface area contributed by atoms with Gasteiger partial charge in [0.25, 0.3) is 0 Å². The second-order valence-electron chi connectivity index (χ2n) is 4.46. The number of ether oxygens (including phenoxy) is 2. The molecule has 0 bridgehead atoms. The van der Waals surface area contributed by atoms with Crippen LogP contribution in [0.1, 0.15) is 24.3 Å². The highest BCUT2D eigenvalue weighted by Crippen LogP contribution is 2.42. The van der Waals surface area contributed by atoms with Gasteiger partial charge in [-0.05, 0) is 37.8 Å². The number of rotatable bonds is 4. The minimum absolute atomic E-state index is 0.520.